The fourth-order valence-electron chi connectivity index (χ4n) is 1.94. The zero-order valence-corrected chi connectivity index (χ0v) is 14.7. The predicted molar refractivity (Wildman–Crippen MR) is 93.7 cm³/mol. The molecule has 8 nitrogen and oxygen atoms in total. The molecule has 2 rings (SSSR count). The van der Waals surface area contributed by atoms with Gasteiger partial charge in [-0.25, -0.2) is 4.99 Å². The van der Waals surface area contributed by atoms with Gasteiger partial charge in [-0.15, -0.1) is 10.2 Å². The van der Waals surface area contributed by atoms with Crippen LogP contribution in [0, 0.1) is 5.92 Å². The van der Waals surface area contributed by atoms with Crippen LogP contribution in [0.3, 0.4) is 0 Å². The average Bonchev–Trinajstić information content (AvgIpc) is 2.96. The van der Waals surface area contributed by atoms with Gasteiger partial charge in [-0.05, 0) is 18.1 Å². The van der Waals surface area contributed by atoms with Gasteiger partial charge in [0.05, 0.1) is 6.54 Å². The van der Waals surface area contributed by atoms with Crippen LogP contribution in [-0.2, 0) is 11.3 Å². The van der Waals surface area contributed by atoms with Gasteiger partial charge in [0.15, 0.2) is 17.4 Å². The minimum Gasteiger partial charge on any atom is -0.356 e. The van der Waals surface area contributed by atoms with Crippen molar-refractivity contribution in [3.05, 3.63) is 30.2 Å². The number of aromatic nitrogens is 3. The van der Waals surface area contributed by atoms with Crippen LogP contribution in [0.5, 0.6) is 0 Å². The van der Waals surface area contributed by atoms with Crippen molar-refractivity contribution in [1.82, 2.24) is 30.1 Å². The Morgan fingerprint density at radius 1 is 1.29 bits per heavy atom. The molecule has 0 saturated carbocycles. The van der Waals surface area contributed by atoms with Gasteiger partial charge in [0.1, 0.15) is 6.54 Å². The highest BCUT2D eigenvalue weighted by Gasteiger charge is 2.08. The Hall–Kier alpha value is -2.64. The second-order valence-electron chi connectivity index (χ2n) is 6.13. The van der Waals surface area contributed by atoms with Crippen molar-refractivity contribution in [2.24, 2.45) is 10.9 Å². The first kappa shape index (κ1) is 17.7. The van der Waals surface area contributed by atoms with Gasteiger partial charge >= 0.3 is 0 Å². The minimum absolute atomic E-state index is 0.0121. The number of aliphatic imine (C=N–C) groups is 1. The van der Waals surface area contributed by atoms with Crippen LogP contribution in [0.15, 0.2) is 29.4 Å². The molecule has 0 saturated heterocycles. The van der Waals surface area contributed by atoms with Crippen molar-refractivity contribution in [1.29, 1.82) is 0 Å². The minimum atomic E-state index is -0.0121. The largest absolute Gasteiger partial charge is 0.356 e. The molecular weight excluding hydrogens is 306 g/mol. The zero-order chi connectivity index (χ0) is 17.5. The fraction of sp³-hybridized carbons (Fsp3) is 0.500. The van der Waals surface area contributed by atoms with Crippen LogP contribution >= 0.6 is 0 Å². The summed E-state index contributed by atoms with van der Waals surface area (Å²) in [6.45, 7) is 5.55. The Morgan fingerprint density at radius 2 is 2.08 bits per heavy atom. The smallest absolute Gasteiger partial charge is 0.241 e. The first-order valence-electron chi connectivity index (χ1n) is 7.98. The van der Waals surface area contributed by atoms with Crippen LogP contribution < -0.4 is 10.6 Å². The van der Waals surface area contributed by atoms with E-state index in [1.165, 1.54) is 0 Å². The normalized spacial score (nSPS) is 11.8. The van der Waals surface area contributed by atoms with Gasteiger partial charge < -0.3 is 15.5 Å². The highest BCUT2D eigenvalue weighted by molar-refractivity contribution is 5.86. The van der Waals surface area contributed by atoms with E-state index in [0.29, 0.717) is 18.4 Å². The van der Waals surface area contributed by atoms with Crippen LogP contribution in [0.1, 0.15) is 19.7 Å². The summed E-state index contributed by atoms with van der Waals surface area (Å²) in [4.78, 5) is 17.8. The number of carbonyl (C=O) groups excluding carboxylic acids is 1. The summed E-state index contributed by atoms with van der Waals surface area (Å²) in [5.74, 6) is 1.79. The van der Waals surface area contributed by atoms with Crippen molar-refractivity contribution < 1.29 is 4.79 Å². The van der Waals surface area contributed by atoms with E-state index in [-0.39, 0.29) is 12.5 Å². The Balaban J connectivity index is 2.07. The molecule has 0 bridgehead atoms. The van der Waals surface area contributed by atoms with E-state index >= 15 is 0 Å². The van der Waals surface area contributed by atoms with Gasteiger partial charge in [-0.3, -0.25) is 9.20 Å². The molecule has 1 amide bonds. The Morgan fingerprint density at radius 3 is 2.79 bits per heavy atom. The number of likely N-dealkylation sites (N-methyl/N-ethyl adjacent to an activating group) is 1. The second-order valence-corrected chi connectivity index (χ2v) is 6.13. The molecule has 0 fully saturated rings. The molecule has 24 heavy (non-hydrogen) atoms. The summed E-state index contributed by atoms with van der Waals surface area (Å²) in [7, 11) is 3.45. The molecule has 2 aromatic heterocycles. The van der Waals surface area contributed by atoms with E-state index in [4.69, 9.17) is 0 Å². The first-order chi connectivity index (χ1) is 11.5. The quantitative estimate of drug-likeness (QED) is 0.595. The number of carbonyl (C=O) groups is 1. The fourth-order valence-corrected chi connectivity index (χ4v) is 1.94. The number of pyridine rings is 1. The summed E-state index contributed by atoms with van der Waals surface area (Å²) in [5, 5.41) is 14.6. The summed E-state index contributed by atoms with van der Waals surface area (Å²) in [6, 6.07) is 5.74. The third-order valence-corrected chi connectivity index (χ3v) is 3.35. The molecule has 0 aromatic carbocycles. The maximum atomic E-state index is 11.7. The molecule has 0 aliphatic carbocycles. The molecule has 0 unspecified atom stereocenters. The molecule has 2 aromatic rings. The van der Waals surface area contributed by atoms with Gasteiger partial charge in [0, 0.05) is 26.8 Å². The SMILES string of the molecule is CC(C)CNC(=NCc1nnc2ccccn12)NCC(=O)N(C)C. The number of hydrogen-bond acceptors (Lipinski definition) is 4. The van der Waals surface area contributed by atoms with Gasteiger partial charge in [-0.2, -0.15) is 0 Å². The molecule has 8 heteroatoms. The molecule has 0 aliphatic heterocycles. The van der Waals surface area contributed by atoms with E-state index in [0.717, 1.165) is 18.0 Å². The topological polar surface area (TPSA) is 86.9 Å². The third kappa shape index (κ3) is 4.94. The molecular formula is C16H25N7O. The molecule has 0 aliphatic rings. The summed E-state index contributed by atoms with van der Waals surface area (Å²) in [5.41, 5.74) is 0.787. The van der Waals surface area contributed by atoms with Crippen LogP contribution in [0.25, 0.3) is 5.65 Å². The summed E-state index contributed by atoms with van der Waals surface area (Å²) in [6.07, 6.45) is 1.91. The number of amides is 1. The standard InChI is InChI=1S/C16H25N7O/c1-12(2)9-17-16(19-11-15(24)22(3)4)18-10-14-21-20-13-7-5-6-8-23(13)14/h5-8,12H,9-11H2,1-4H3,(H2,17,18,19). The summed E-state index contributed by atoms with van der Waals surface area (Å²) < 4.78 is 1.90. The van der Waals surface area contributed by atoms with Crippen LogP contribution in [-0.4, -0.2) is 58.5 Å². The van der Waals surface area contributed by atoms with Crippen molar-refractivity contribution in [2.75, 3.05) is 27.2 Å². The predicted octanol–water partition coefficient (Wildman–Crippen LogP) is 0.509. The lowest BCUT2D eigenvalue weighted by Gasteiger charge is -2.15. The maximum absolute atomic E-state index is 11.7. The third-order valence-electron chi connectivity index (χ3n) is 3.35. The number of fused-ring (bicyclic) bond motifs is 1. The van der Waals surface area contributed by atoms with Crippen LogP contribution in [0.2, 0.25) is 0 Å². The Kier molecular flexibility index (Phi) is 6.11. The van der Waals surface area contributed by atoms with Crippen molar-refractivity contribution in [3.63, 3.8) is 0 Å². The molecule has 130 valence electrons. The second kappa shape index (κ2) is 8.28. The maximum Gasteiger partial charge on any atom is 0.241 e. The highest BCUT2D eigenvalue weighted by atomic mass is 16.2. The number of nitrogens with one attached hydrogen (secondary N) is 2. The lowest BCUT2D eigenvalue weighted by molar-refractivity contribution is -0.127. The van der Waals surface area contributed by atoms with Crippen molar-refractivity contribution in [3.8, 4) is 0 Å². The summed E-state index contributed by atoms with van der Waals surface area (Å²) >= 11 is 0. The highest BCUT2D eigenvalue weighted by Crippen LogP contribution is 2.03. The monoisotopic (exact) mass is 331 g/mol. The molecule has 0 spiro atoms. The average molecular weight is 331 g/mol. The number of guanidine groups is 1. The van der Waals surface area contributed by atoms with Crippen molar-refractivity contribution >= 4 is 17.5 Å². The Labute approximate surface area is 142 Å². The molecule has 2 N–H and O–H groups in total. The number of hydrogen-bond donors (Lipinski definition) is 2. The molecule has 0 radical (unpaired) electrons. The first-order valence-corrected chi connectivity index (χ1v) is 7.98. The van der Waals surface area contributed by atoms with Gasteiger partial charge in [-0.1, -0.05) is 19.9 Å². The lowest BCUT2D eigenvalue weighted by Crippen LogP contribution is -2.44. The zero-order valence-electron chi connectivity index (χ0n) is 14.7. The van der Waals surface area contributed by atoms with E-state index in [1.807, 2.05) is 28.8 Å². The van der Waals surface area contributed by atoms with E-state index in [1.54, 1.807) is 19.0 Å². The number of nitrogens with zero attached hydrogens (tertiary/aromatic N) is 5. The van der Waals surface area contributed by atoms with E-state index < -0.39 is 0 Å². The Bertz CT molecular complexity index is 705. The lowest BCUT2D eigenvalue weighted by atomic mass is 10.2. The van der Waals surface area contributed by atoms with E-state index in [9.17, 15) is 4.79 Å². The van der Waals surface area contributed by atoms with Gasteiger partial charge in [0.25, 0.3) is 0 Å². The van der Waals surface area contributed by atoms with Crippen LogP contribution in [0.4, 0.5) is 0 Å². The molecule has 2 heterocycles. The van der Waals surface area contributed by atoms with E-state index in [2.05, 4.69) is 39.7 Å². The van der Waals surface area contributed by atoms with Gasteiger partial charge in [0.2, 0.25) is 5.91 Å². The number of rotatable bonds is 6. The molecule has 0 atom stereocenters. The van der Waals surface area contributed by atoms with Crippen molar-refractivity contribution in [2.45, 2.75) is 20.4 Å².